The number of aliphatic carboxylic acids is 3. The van der Waals surface area contributed by atoms with E-state index in [1.807, 2.05) is 31.2 Å². The molecule has 3 aliphatic rings. The van der Waals surface area contributed by atoms with Crippen LogP contribution in [-0.4, -0.2) is 271 Å². The molecule has 1 aromatic heterocycles. The molecular formula is C63H86F2N12O16. The average molecular weight is 1310 g/mol. The van der Waals surface area contributed by atoms with E-state index in [9.17, 15) is 77.3 Å². The van der Waals surface area contributed by atoms with Crippen LogP contribution in [-0.2, 0) is 59.0 Å². The number of hydrogen-bond donors (Lipinski definition) is 7. The number of likely N-dealkylation sites (tertiary alicyclic amines) is 2. The Morgan fingerprint density at radius 2 is 1.34 bits per heavy atom. The second-order valence-electron chi connectivity index (χ2n) is 23.5. The number of carbonyl (C=O) groups is 10. The number of rotatable bonds is 32. The monoisotopic (exact) mass is 1300 g/mol. The number of nitrogens with zero attached hydrogens (tertiary/aromatic N) is 8. The van der Waals surface area contributed by atoms with Gasteiger partial charge < -0.3 is 60.6 Å². The molecule has 0 saturated carbocycles. The third-order valence-corrected chi connectivity index (χ3v) is 16.4. The molecule has 0 radical (unpaired) electrons. The summed E-state index contributed by atoms with van der Waals surface area (Å²) in [6.45, 7) is 1.12. The minimum atomic E-state index is -3.21. The maximum Gasteiger partial charge on any atom is 0.317 e. The third kappa shape index (κ3) is 25.5. The highest BCUT2D eigenvalue weighted by Crippen LogP contribution is 2.32. The first-order valence-corrected chi connectivity index (χ1v) is 31.2. The van der Waals surface area contributed by atoms with Gasteiger partial charge in [-0.05, 0) is 87.6 Å². The number of benzene rings is 2. The van der Waals surface area contributed by atoms with Gasteiger partial charge in [0.15, 0.2) is 0 Å². The van der Waals surface area contributed by atoms with Gasteiger partial charge in [-0.15, -0.1) is 0 Å². The van der Waals surface area contributed by atoms with Gasteiger partial charge in [-0.2, -0.15) is 5.26 Å². The fourth-order valence-electron chi connectivity index (χ4n) is 11.3. The molecule has 508 valence electrons. The lowest BCUT2D eigenvalue weighted by Crippen LogP contribution is -2.57. The maximum absolute atomic E-state index is 14.4. The molecule has 2 aromatic carbocycles. The number of halogens is 2. The van der Waals surface area contributed by atoms with Gasteiger partial charge >= 0.3 is 23.9 Å². The molecule has 30 heteroatoms. The molecule has 0 aliphatic carbocycles. The van der Waals surface area contributed by atoms with Gasteiger partial charge in [0.05, 0.1) is 83.2 Å². The maximum atomic E-state index is 14.4. The van der Waals surface area contributed by atoms with Gasteiger partial charge in [-0.25, -0.2) is 8.78 Å². The second kappa shape index (κ2) is 37.3. The molecule has 3 atom stereocenters. The molecule has 28 nitrogen and oxygen atoms in total. The average Bonchev–Trinajstić information content (AvgIpc) is 1.91. The van der Waals surface area contributed by atoms with Gasteiger partial charge in [0.1, 0.15) is 23.9 Å². The summed E-state index contributed by atoms with van der Waals surface area (Å²) in [5.41, 5.74) is 2.88. The summed E-state index contributed by atoms with van der Waals surface area (Å²) in [5.74, 6) is -10.4. The zero-order valence-corrected chi connectivity index (χ0v) is 52.7. The van der Waals surface area contributed by atoms with Crippen molar-refractivity contribution < 1.29 is 86.3 Å². The number of nitrogens with one attached hydrogen (secondary N) is 4. The first kappa shape index (κ1) is 73.6. The lowest BCUT2D eigenvalue weighted by molar-refractivity contribution is -0.147. The molecule has 0 bridgehead atoms. The summed E-state index contributed by atoms with van der Waals surface area (Å²) in [6.07, 6.45) is 4.11. The molecule has 0 unspecified atom stereocenters. The summed E-state index contributed by atoms with van der Waals surface area (Å²) >= 11 is 0. The van der Waals surface area contributed by atoms with E-state index in [4.69, 9.17) is 14.2 Å². The van der Waals surface area contributed by atoms with Gasteiger partial charge in [-0.3, -0.25) is 72.5 Å². The summed E-state index contributed by atoms with van der Waals surface area (Å²) in [5, 5.41) is 49.4. The van der Waals surface area contributed by atoms with Crippen molar-refractivity contribution in [3.63, 3.8) is 0 Å². The van der Waals surface area contributed by atoms with Crippen molar-refractivity contribution in [3.8, 4) is 11.8 Å². The Morgan fingerprint density at radius 3 is 1.94 bits per heavy atom. The predicted molar refractivity (Wildman–Crippen MR) is 331 cm³/mol. The van der Waals surface area contributed by atoms with Crippen molar-refractivity contribution in [2.75, 3.05) is 138 Å². The Morgan fingerprint density at radius 1 is 0.731 bits per heavy atom. The van der Waals surface area contributed by atoms with Crippen LogP contribution in [0.1, 0.15) is 79.3 Å². The molecule has 3 aromatic rings. The summed E-state index contributed by atoms with van der Waals surface area (Å²) in [4.78, 5) is 143. The van der Waals surface area contributed by atoms with Crippen LogP contribution in [0.2, 0.25) is 0 Å². The molecular weight excluding hydrogens is 1220 g/mol. The Labute approximate surface area is 538 Å². The van der Waals surface area contributed by atoms with Gasteiger partial charge in [0, 0.05) is 103 Å². The topological polar surface area (TPSA) is 363 Å². The van der Waals surface area contributed by atoms with Crippen molar-refractivity contribution >= 4 is 70.2 Å². The van der Waals surface area contributed by atoms with Crippen LogP contribution in [0.3, 0.4) is 0 Å². The van der Waals surface area contributed by atoms with E-state index in [0.717, 1.165) is 29.6 Å². The first-order chi connectivity index (χ1) is 44.5. The molecule has 0 spiro atoms. The Kier molecular flexibility index (Phi) is 29.5. The number of ether oxygens (including phenoxy) is 3. The molecule has 3 fully saturated rings. The van der Waals surface area contributed by atoms with Crippen molar-refractivity contribution in [1.29, 1.82) is 5.26 Å². The number of methoxy groups -OCH3 is 1. The minimum Gasteiger partial charge on any atom is -0.494 e. The molecule has 7 N–H and O–H groups in total. The van der Waals surface area contributed by atoms with Gasteiger partial charge in [-0.1, -0.05) is 29.8 Å². The van der Waals surface area contributed by atoms with E-state index in [1.165, 1.54) is 12.3 Å². The summed E-state index contributed by atoms with van der Waals surface area (Å²) in [7, 11) is 1.14. The number of amides is 6. The number of aromatic nitrogens is 1. The number of esters is 1. The number of carboxylic acid groups (broad SMARTS) is 3. The molecule has 3 aliphatic heterocycles. The van der Waals surface area contributed by atoms with Crippen LogP contribution in [0, 0.1) is 24.2 Å². The van der Waals surface area contributed by atoms with Crippen molar-refractivity contribution in [1.82, 2.24) is 55.7 Å². The normalized spacial score (nSPS) is 17.8. The highest BCUT2D eigenvalue weighted by molar-refractivity contribution is 6.07. The molecule has 93 heavy (non-hydrogen) atoms. The molecule has 4 heterocycles. The smallest absolute Gasteiger partial charge is 0.317 e. The van der Waals surface area contributed by atoms with Crippen molar-refractivity contribution in [3.05, 3.63) is 71.4 Å². The van der Waals surface area contributed by atoms with E-state index in [1.54, 1.807) is 48.8 Å². The van der Waals surface area contributed by atoms with Gasteiger partial charge in [0.25, 0.3) is 11.8 Å². The van der Waals surface area contributed by atoms with Crippen molar-refractivity contribution in [2.45, 2.75) is 95.2 Å². The number of nitriles is 1. The van der Waals surface area contributed by atoms with Crippen LogP contribution < -0.4 is 26.0 Å². The quantitative estimate of drug-likeness (QED) is 0.0338. The van der Waals surface area contributed by atoms with E-state index < -0.39 is 103 Å². The number of alkyl halides is 2. The van der Waals surface area contributed by atoms with Crippen LogP contribution in [0.5, 0.6) is 5.75 Å². The SMILES string of the molecule is COC(=O)C[C@H](NC(=O)[C@H](CCOCCNC(=O)CCCc1ccc(C)cc1)NC(=O)CN1CCN(CC(=O)O)CCN(CC(=O)O)CCN(CC(=O)O)CC1)C(=O)N1CCC(CCCOc2ccc3nccc(C(=O)NCC(=O)N4CC(F)(F)C[C@@H]4C#N)c3c2)CC1. The van der Waals surface area contributed by atoms with Gasteiger partial charge in [0.2, 0.25) is 29.5 Å². The number of fused-ring (bicyclic) bond motifs is 1. The van der Waals surface area contributed by atoms with E-state index in [0.29, 0.717) is 55.2 Å². The number of hydrogen-bond acceptors (Lipinski definition) is 19. The fourth-order valence-corrected chi connectivity index (χ4v) is 11.3. The van der Waals surface area contributed by atoms with Crippen LogP contribution in [0.25, 0.3) is 10.9 Å². The summed E-state index contributed by atoms with van der Waals surface area (Å²) in [6, 6.07) is 12.2. The number of piperidine rings is 1. The number of pyridine rings is 1. The Balaban J connectivity index is 1.05. The lowest BCUT2D eigenvalue weighted by atomic mass is 9.92. The fraction of sp³-hybridized carbons (Fsp3) is 0.587. The van der Waals surface area contributed by atoms with E-state index in [2.05, 4.69) is 26.3 Å². The second-order valence-corrected chi connectivity index (χ2v) is 23.5. The standard InChI is InChI=1S/C63H86F2N12O16/c1-43-8-10-44(11-9-43)5-3-7-53(78)68-19-32-92-31-17-51(70-54(79)38-72-22-24-73(39-56(81)82)26-28-75(41-58(85)86)29-27-74(25-23-72)40-57(83)84)61(89)71-52(34-59(87)91-2)62(90)76-20-15-45(16-21-76)6-4-30-93-47-12-13-50-49(33-47)48(14-18-67-50)60(88)69-37-55(80)77-42-63(64,65)35-46(77)36-66/h8-14,18,33,45-46,51-52H,3-7,15-17,19-32,34-35,37-42H2,1-2H3,(H,68,78)(H,69,88)(H,70,79)(H,71,89)(H,81,82)(H,83,84)(H,85,86)/t46-,51+,52+/m1/s1. The third-order valence-electron chi connectivity index (χ3n) is 16.4. The Bertz CT molecular complexity index is 3060. The van der Waals surface area contributed by atoms with Crippen molar-refractivity contribution in [2.24, 2.45) is 5.92 Å². The first-order valence-electron chi connectivity index (χ1n) is 31.2. The highest BCUT2D eigenvalue weighted by atomic mass is 19.3. The lowest BCUT2D eigenvalue weighted by Gasteiger charge is -2.34. The van der Waals surface area contributed by atoms with Crippen LogP contribution in [0.4, 0.5) is 8.78 Å². The molecule has 6 rings (SSSR count). The minimum absolute atomic E-state index is 0.0570. The zero-order valence-electron chi connectivity index (χ0n) is 52.7. The number of carbonyl (C=O) groups excluding carboxylic acids is 7. The van der Waals surface area contributed by atoms with Crippen LogP contribution in [0.15, 0.2) is 54.7 Å². The van der Waals surface area contributed by atoms with E-state index in [-0.39, 0.29) is 142 Å². The highest BCUT2D eigenvalue weighted by Gasteiger charge is 2.47. The van der Waals surface area contributed by atoms with E-state index >= 15 is 0 Å². The molecule has 6 amide bonds. The molecule has 3 saturated heterocycles. The summed E-state index contributed by atoms with van der Waals surface area (Å²) < 4.78 is 44.8. The predicted octanol–water partition coefficient (Wildman–Crippen LogP) is 0.984. The zero-order chi connectivity index (χ0) is 67.5. The Hall–Kier alpha value is -8.50. The number of aryl methyl sites for hydroxylation is 2. The number of carboxylic acids is 3. The largest absolute Gasteiger partial charge is 0.494 e. The van der Waals surface area contributed by atoms with Crippen LogP contribution >= 0.6 is 0 Å².